The van der Waals surface area contributed by atoms with Crippen molar-refractivity contribution in [1.82, 2.24) is 0 Å². The third kappa shape index (κ3) is 3.78. The first-order chi connectivity index (χ1) is 8.86. The largest absolute Gasteiger partial charge is 0.490 e. The molecule has 0 saturated carbocycles. The average molecular weight is 272 g/mol. The summed E-state index contributed by atoms with van der Waals surface area (Å²) in [7, 11) is 1.27. The van der Waals surface area contributed by atoms with E-state index in [0.29, 0.717) is 0 Å². The van der Waals surface area contributed by atoms with Crippen molar-refractivity contribution in [3.8, 4) is 5.75 Å². The van der Waals surface area contributed by atoms with Crippen molar-refractivity contribution >= 4 is 11.4 Å². The fraction of sp³-hybridized carbons (Fsp3) is 0.500. The van der Waals surface area contributed by atoms with Crippen molar-refractivity contribution in [2.24, 2.45) is 5.92 Å². The molecule has 0 bridgehead atoms. The van der Waals surface area contributed by atoms with Crippen molar-refractivity contribution in [2.45, 2.75) is 20.0 Å². The van der Waals surface area contributed by atoms with Gasteiger partial charge in [0, 0.05) is 12.6 Å². The van der Waals surface area contributed by atoms with Gasteiger partial charge in [-0.25, -0.2) is 4.39 Å². The molecule has 0 aliphatic rings. The molecule has 1 aromatic carbocycles. The Hall–Kier alpha value is -1.89. The summed E-state index contributed by atoms with van der Waals surface area (Å²) in [4.78, 5) is 9.98. The van der Waals surface area contributed by atoms with Gasteiger partial charge in [-0.2, -0.15) is 0 Å². The third-order valence-electron chi connectivity index (χ3n) is 2.74. The summed E-state index contributed by atoms with van der Waals surface area (Å²) in [5, 5.41) is 23.0. The molecule has 0 radical (unpaired) electrons. The molecule has 0 aliphatic carbocycles. The number of nitrogens with one attached hydrogen (secondary N) is 1. The molecular weight excluding hydrogens is 255 g/mol. The van der Waals surface area contributed by atoms with Crippen LogP contribution in [0.1, 0.15) is 13.8 Å². The van der Waals surface area contributed by atoms with Gasteiger partial charge in [0.1, 0.15) is 0 Å². The van der Waals surface area contributed by atoms with Gasteiger partial charge in [0.2, 0.25) is 0 Å². The molecule has 0 spiro atoms. The molecule has 0 heterocycles. The first-order valence-corrected chi connectivity index (χ1v) is 5.80. The number of nitro benzene ring substituents is 1. The van der Waals surface area contributed by atoms with Crippen molar-refractivity contribution in [3.05, 3.63) is 28.1 Å². The number of halogens is 1. The van der Waals surface area contributed by atoms with E-state index in [1.54, 1.807) is 0 Å². The summed E-state index contributed by atoms with van der Waals surface area (Å²) in [6.07, 6.45) is -0.638. The van der Waals surface area contributed by atoms with E-state index in [-0.39, 0.29) is 23.9 Å². The van der Waals surface area contributed by atoms with Crippen LogP contribution in [0, 0.1) is 21.8 Å². The summed E-state index contributed by atoms with van der Waals surface area (Å²) in [6.45, 7) is 3.81. The van der Waals surface area contributed by atoms with Gasteiger partial charge >= 0.3 is 5.69 Å². The molecule has 0 saturated heterocycles. The van der Waals surface area contributed by atoms with Crippen molar-refractivity contribution in [3.63, 3.8) is 0 Å². The Kier molecular flexibility index (Phi) is 5.05. The Morgan fingerprint density at radius 3 is 2.63 bits per heavy atom. The van der Waals surface area contributed by atoms with Crippen molar-refractivity contribution < 1.29 is 19.2 Å². The first kappa shape index (κ1) is 15.2. The Morgan fingerprint density at radius 2 is 2.16 bits per heavy atom. The number of anilines is 1. The fourth-order valence-electron chi connectivity index (χ4n) is 1.43. The number of methoxy groups -OCH3 is 1. The zero-order valence-electron chi connectivity index (χ0n) is 11.0. The second-order valence-electron chi connectivity index (χ2n) is 4.45. The van der Waals surface area contributed by atoms with Gasteiger partial charge in [-0.3, -0.25) is 10.1 Å². The van der Waals surface area contributed by atoms with E-state index in [2.05, 4.69) is 5.32 Å². The van der Waals surface area contributed by atoms with Gasteiger partial charge in [0.25, 0.3) is 0 Å². The lowest BCUT2D eigenvalue weighted by Crippen LogP contribution is -2.25. The molecule has 0 aromatic heterocycles. The topological polar surface area (TPSA) is 84.6 Å². The summed E-state index contributed by atoms with van der Waals surface area (Å²) in [5.41, 5.74) is -0.378. The third-order valence-corrected chi connectivity index (χ3v) is 2.74. The number of hydrogen-bond acceptors (Lipinski definition) is 5. The average Bonchev–Trinajstić information content (AvgIpc) is 2.36. The van der Waals surface area contributed by atoms with Crippen LogP contribution in [0.2, 0.25) is 0 Å². The van der Waals surface area contributed by atoms with E-state index < -0.39 is 22.5 Å². The Labute approximate surface area is 110 Å². The molecule has 6 nitrogen and oxygen atoms in total. The second-order valence-corrected chi connectivity index (χ2v) is 4.45. The molecule has 19 heavy (non-hydrogen) atoms. The van der Waals surface area contributed by atoms with E-state index in [4.69, 9.17) is 4.74 Å². The standard InChI is InChI=1S/C12H17FN2O4/c1-7(2)11(16)6-14-9-5-12(19-3)10(15(17)18)4-8(9)13/h4-5,7,11,14,16H,6H2,1-3H3. The maximum Gasteiger partial charge on any atom is 0.313 e. The lowest BCUT2D eigenvalue weighted by Gasteiger charge is -2.16. The molecule has 1 unspecified atom stereocenters. The molecule has 0 amide bonds. The second kappa shape index (κ2) is 6.33. The lowest BCUT2D eigenvalue weighted by molar-refractivity contribution is -0.385. The lowest BCUT2D eigenvalue weighted by atomic mass is 10.1. The number of nitrogens with zero attached hydrogens (tertiary/aromatic N) is 1. The predicted molar refractivity (Wildman–Crippen MR) is 68.9 cm³/mol. The highest BCUT2D eigenvalue weighted by molar-refractivity contribution is 5.59. The van der Waals surface area contributed by atoms with Gasteiger partial charge in [0.05, 0.1) is 29.9 Å². The van der Waals surface area contributed by atoms with E-state index in [9.17, 15) is 19.6 Å². The molecule has 7 heteroatoms. The zero-order valence-corrected chi connectivity index (χ0v) is 11.0. The Bertz CT molecular complexity index is 465. The van der Waals surface area contributed by atoms with Crippen LogP contribution in [-0.2, 0) is 0 Å². The number of ether oxygens (including phenoxy) is 1. The number of hydrogen-bond donors (Lipinski definition) is 2. The quantitative estimate of drug-likeness (QED) is 0.612. The zero-order chi connectivity index (χ0) is 14.6. The highest BCUT2D eigenvalue weighted by Crippen LogP contribution is 2.32. The molecule has 106 valence electrons. The van der Waals surface area contributed by atoms with Crippen LogP contribution in [0.15, 0.2) is 12.1 Å². The number of aliphatic hydroxyl groups excluding tert-OH is 1. The summed E-state index contributed by atoms with van der Waals surface area (Å²) in [5.74, 6) is -0.771. The van der Waals surface area contributed by atoms with Crippen LogP contribution >= 0.6 is 0 Å². The first-order valence-electron chi connectivity index (χ1n) is 5.80. The minimum Gasteiger partial charge on any atom is -0.490 e. The minimum atomic E-state index is -0.761. The maximum atomic E-state index is 13.7. The molecule has 1 rings (SSSR count). The van der Waals surface area contributed by atoms with Gasteiger partial charge < -0.3 is 15.2 Å². The molecule has 2 N–H and O–H groups in total. The van der Waals surface area contributed by atoms with E-state index in [1.807, 2.05) is 13.8 Å². The molecular formula is C12H17FN2O4. The Balaban J connectivity index is 2.94. The fourth-order valence-corrected chi connectivity index (χ4v) is 1.43. The summed E-state index contributed by atoms with van der Waals surface area (Å²) < 4.78 is 18.5. The highest BCUT2D eigenvalue weighted by Gasteiger charge is 2.19. The van der Waals surface area contributed by atoms with Crippen molar-refractivity contribution in [1.29, 1.82) is 0 Å². The van der Waals surface area contributed by atoms with Gasteiger partial charge in [-0.15, -0.1) is 0 Å². The number of aliphatic hydroxyl groups is 1. The number of nitro groups is 1. The molecule has 1 aromatic rings. The van der Waals surface area contributed by atoms with Crippen LogP contribution in [-0.4, -0.2) is 29.8 Å². The van der Waals surface area contributed by atoms with Crippen LogP contribution in [0.5, 0.6) is 5.75 Å². The van der Waals surface area contributed by atoms with Crippen LogP contribution in [0.4, 0.5) is 15.8 Å². The summed E-state index contributed by atoms with van der Waals surface area (Å²) >= 11 is 0. The van der Waals surface area contributed by atoms with E-state index in [0.717, 1.165) is 6.07 Å². The van der Waals surface area contributed by atoms with Crippen LogP contribution in [0.25, 0.3) is 0 Å². The highest BCUT2D eigenvalue weighted by atomic mass is 19.1. The predicted octanol–water partition coefficient (Wildman–Crippen LogP) is 2.17. The van der Waals surface area contributed by atoms with Crippen LogP contribution < -0.4 is 10.1 Å². The summed E-state index contributed by atoms with van der Waals surface area (Å²) in [6, 6.07) is 2.00. The molecule has 0 fully saturated rings. The Morgan fingerprint density at radius 1 is 1.53 bits per heavy atom. The molecule has 0 aliphatic heterocycles. The van der Waals surface area contributed by atoms with Crippen molar-refractivity contribution in [2.75, 3.05) is 19.0 Å². The number of benzene rings is 1. The molecule has 1 atom stereocenters. The monoisotopic (exact) mass is 272 g/mol. The van der Waals surface area contributed by atoms with E-state index >= 15 is 0 Å². The number of rotatable bonds is 6. The normalized spacial score (nSPS) is 12.3. The smallest absolute Gasteiger partial charge is 0.313 e. The van der Waals surface area contributed by atoms with E-state index in [1.165, 1.54) is 13.2 Å². The maximum absolute atomic E-state index is 13.7. The minimum absolute atomic E-state index is 0.0236. The SMILES string of the molecule is COc1cc(NCC(O)C(C)C)c(F)cc1[N+](=O)[O-]. The van der Waals surface area contributed by atoms with Crippen LogP contribution in [0.3, 0.4) is 0 Å². The van der Waals surface area contributed by atoms with Gasteiger partial charge in [-0.1, -0.05) is 13.8 Å². The van der Waals surface area contributed by atoms with Gasteiger partial charge in [0.15, 0.2) is 11.6 Å². The van der Waals surface area contributed by atoms with Gasteiger partial charge in [-0.05, 0) is 5.92 Å².